The molecule has 0 amide bonds. The van der Waals surface area contributed by atoms with E-state index in [9.17, 15) is 4.79 Å². The Balaban J connectivity index is 1.93. The van der Waals surface area contributed by atoms with Crippen LogP contribution in [-0.4, -0.2) is 25.4 Å². The van der Waals surface area contributed by atoms with E-state index >= 15 is 0 Å². The van der Waals surface area contributed by atoms with Gasteiger partial charge in [-0.25, -0.2) is 0 Å². The average Bonchev–Trinajstić information content (AvgIpc) is 3.16. The van der Waals surface area contributed by atoms with Gasteiger partial charge >= 0.3 is 0 Å². The number of hydrogen-bond acceptors (Lipinski definition) is 3. The third-order valence-corrected chi connectivity index (χ3v) is 5.14. The molecule has 0 bridgehead atoms. The van der Waals surface area contributed by atoms with Crippen molar-refractivity contribution in [1.29, 1.82) is 0 Å². The molecule has 3 rings (SSSR count). The monoisotopic (exact) mass is 316 g/mol. The van der Waals surface area contributed by atoms with Crippen molar-refractivity contribution in [2.24, 2.45) is 0 Å². The molecule has 2 aromatic rings. The van der Waals surface area contributed by atoms with Crippen LogP contribution < -0.4 is 4.90 Å². The lowest BCUT2D eigenvalue weighted by Gasteiger charge is -2.25. The third-order valence-electron chi connectivity index (χ3n) is 3.73. The van der Waals surface area contributed by atoms with Crippen LogP contribution in [0.2, 0.25) is 0 Å². The van der Waals surface area contributed by atoms with E-state index in [4.69, 9.17) is 0 Å². The number of hydrogen-bond donors (Lipinski definition) is 1. The summed E-state index contributed by atoms with van der Waals surface area (Å²) in [5, 5.41) is 8.27. The predicted octanol–water partition coefficient (Wildman–Crippen LogP) is 2.76. The molecule has 0 unspecified atom stereocenters. The first-order valence-electron chi connectivity index (χ1n) is 7.10. The van der Waals surface area contributed by atoms with Crippen molar-refractivity contribution in [2.45, 2.75) is 6.92 Å². The van der Waals surface area contributed by atoms with Crippen LogP contribution in [0.15, 0.2) is 44.8 Å². The first kappa shape index (κ1) is 14.4. The van der Waals surface area contributed by atoms with Crippen LogP contribution in [-0.2, 0) is 4.79 Å². The highest BCUT2D eigenvalue weighted by Crippen LogP contribution is 2.18. The van der Waals surface area contributed by atoms with Gasteiger partial charge in [-0.05, 0) is 63.9 Å². The average molecular weight is 316 g/mol. The maximum atomic E-state index is 12.7. The van der Waals surface area contributed by atoms with Crippen LogP contribution in [0, 0.1) is 0 Å². The van der Waals surface area contributed by atoms with Gasteiger partial charge in [-0.1, -0.05) is 0 Å². The van der Waals surface area contributed by atoms with E-state index in [0.717, 1.165) is 41.9 Å². The highest BCUT2D eigenvalue weighted by Gasteiger charge is 2.28. The molecule has 1 aliphatic rings. The van der Waals surface area contributed by atoms with Crippen LogP contribution in [0.5, 0.6) is 0 Å². The molecular formula is C17H18NOS2+. The van der Waals surface area contributed by atoms with E-state index in [0.29, 0.717) is 0 Å². The Labute approximate surface area is 133 Å². The molecule has 1 aliphatic heterocycles. The fraction of sp³-hybridized carbons (Fsp3) is 0.235. The summed E-state index contributed by atoms with van der Waals surface area (Å²) >= 11 is 3.33. The Bertz CT molecular complexity index is 609. The number of nitrogens with one attached hydrogen (secondary N) is 1. The predicted molar refractivity (Wildman–Crippen MR) is 90.8 cm³/mol. The van der Waals surface area contributed by atoms with Crippen molar-refractivity contribution in [2.75, 3.05) is 19.6 Å². The van der Waals surface area contributed by atoms with E-state index in [-0.39, 0.29) is 5.78 Å². The topological polar surface area (TPSA) is 21.5 Å². The Morgan fingerprint density at radius 2 is 1.57 bits per heavy atom. The van der Waals surface area contributed by atoms with Crippen molar-refractivity contribution in [3.8, 4) is 0 Å². The number of quaternary nitrogens is 1. The highest BCUT2D eigenvalue weighted by molar-refractivity contribution is 7.08. The maximum Gasteiger partial charge on any atom is 0.196 e. The minimum Gasteiger partial charge on any atom is -0.327 e. The number of carbonyl (C=O) groups is 1. The molecule has 0 radical (unpaired) electrons. The molecule has 2 nitrogen and oxygen atoms in total. The van der Waals surface area contributed by atoms with Gasteiger partial charge in [0.05, 0.1) is 17.7 Å². The SMILES string of the molecule is CC[NH+]1C/C(=C/c2ccsc2)C(=O)/C(=C\c2ccsc2)C1. The molecule has 0 atom stereocenters. The molecule has 0 spiro atoms. The van der Waals surface area contributed by atoms with Crippen LogP contribution >= 0.6 is 22.7 Å². The zero-order valence-electron chi connectivity index (χ0n) is 12.0. The van der Waals surface area contributed by atoms with Gasteiger partial charge < -0.3 is 4.90 Å². The largest absolute Gasteiger partial charge is 0.327 e. The van der Waals surface area contributed by atoms with Gasteiger partial charge in [-0.2, -0.15) is 22.7 Å². The zero-order valence-corrected chi connectivity index (χ0v) is 13.6. The standard InChI is InChI=1S/C17H17NOS2/c1-2-18-9-15(7-13-3-5-20-11-13)17(19)16(10-18)8-14-4-6-21-12-14/h3-8,11-12H,2,9-10H2,1H3/p+1/b15-7-,16-8-. The van der Waals surface area contributed by atoms with E-state index in [1.807, 2.05) is 10.8 Å². The highest BCUT2D eigenvalue weighted by atomic mass is 32.1. The Hall–Kier alpha value is -1.49. The summed E-state index contributed by atoms with van der Waals surface area (Å²) in [4.78, 5) is 14.1. The summed E-state index contributed by atoms with van der Waals surface area (Å²) in [6, 6.07) is 4.13. The summed E-state index contributed by atoms with van der Waals surface area (Å²) in [6.07, 6.45) is 4.10. The van der Waals surface area contributed by atoms with Crippen LogP contribution in [0.3, 0.4) is 0 Å². The summed E-state index contributed by atoms with van der Waals surface area (Å²) in [5.74, 6) is 0.213. The number of Topliss-reactive ketones (excluding diaryl/α,β-unsaturated/α-hetero) is 1. The number of rotatable bonds is 3. The van der Waals surface area contributed by atoms with Crippen molar-refractivity contribution in [3.63, 3.8) is 0 Å². The van der Waals surface area contributed by atoms with Crippen LogP contribution in [0.4, 0.5) is 0 Å². The summed E-state index contributed by atoms with van der Waals surface area (Å²) in [5.41, 5.74) is 4.13. The molecule has 1 fully saturated rings. The summed E-state index contributed by atoms with van der Waals surface area (Å²) in [7, 11) is 0. The summed E-state index contributed by atoms with van der Waals surface area (Å²) < 4.78 is 0. The van der Waals surface area contributed by atoms with E-state index in [1.54, 1.807) is 22.7 Å². The first-order valence-corrected chi connectivity index (χ1v) is 8.98. The number of likely N-dealkylation sites (N-methyl/N-ethyl adjacent to an activating group) is 1. The number of likely N-dealkylation sites (tertiary alicyclic amines) is 1. The summed E-state index contributed by atoms with van der Waals surface area (Å²) in [6.45, 7) is 4.86. The van der Waals surface area contributed by atoms with Gasteiger partial charge in [-0.3, -0.25) is 4.79 Å². The van der Waals surface area contributed by atoms with Gasteiger partial charge in [0.25, 0.3) is 0 Å². The maximum absolute atomic E-state index is 12.7. The molecule has 1 N–H and O–H groups in total. The van der Waals surface area contributed by atoms with Gasteiger partial charge in [0.2, 0.25) is 0 Å². The molecule has 0 aliphatic carbocycles. The second-order valence-corrected chi connectivity index (χ2v) is 6.80. The minimum absolute atomic E-state index is 0.213. The Morgan fingerprint density at radius 1 is 1.05 bits per heavy atom. The number of ketones is 1. The van der Waals surface area contributed by atoms with Crippen molar-refractivity contribution in [3.05, 3.63) is 55.9 Å². The molecule has 0 saturated carbocycles. The lowest BCUT2D eigenvalue weighted by atomic mass is 9.95. The van der Waals surface area contributed by atoms with Gasteiger partial charge in [0.15, 0.2) is 5.78 Å². The molecular weight excluding hydrogens is 298 g/mol. The lowest BCUT2D eigenvalue weighted by Crippen LogP contribution is -3.13. The van der Waals surface area contributed by atoms with E-state index in [2.05, 4.69) is 42.0 Å². The molecule has 3 heterocycles. The molecule has 108 valence electrons. The number of piperidine rings is 1. The molecule has 4 heteroatoms. The van der Waals surface area contributed by atoms with Crippen molar-refractivity contribution < 1.29 is 9.69 Å². The van der Waals surface area contributed by atoms with Crippen LogP contribution in [0.25, 0.3) is 12.2 Å². The quantitative estimate of drug-likeness (QED) is 0.864. The van der Waals surface area contributed by atoms with Crippen molar-refractivity contribution in [1.82, 2.24) is 0 Å². The molecule has 0 aromatic carbocycles. The van der Waals surface area contributed by atoms with Gasteiger partial charge in [0, 0.05) is 0 Å². The fourth-order valence-electron chi connectivity index (χ4n) is 2.57. The fourth-order valence-corrected chi connectivity index (χ4v) is 3.80. The molecule has 1 saturated heterocycles. The van der Waals surface area contributed by atoms with Crippen molar-refractivity contribution >= 4 is 40.6 Å². The normalized spacial score (nSPS) is 23.1. The zero-order chi connectivity index (χ0) is 14.7. The second-order valence-electron chi connectivity index (χ2n) is 5.24. The second kappa shape index (κ2) is 6.52. The smallest absolute Gasteiger partial charge is 0.196 e. The molecule has 2 aromatic heterocycles. The number of carbonyl (C=O) groups excluding carboxylic acids is 1. The Kier molecular flexibility index (Phi) is 4.48. The Morgan fingerprint density at radius 3 is 1.95 bits per heavy atom. The first-order chi connectivity index (χ1) is 10.3. The number of thiophene rings is 2. The third kappa shape index (κ3) is 3.40. The van der Waals surface area contributed by atoms with Crippen LogP contribution in [0.1, 0.15) is 18.1 Å². The van der Waals surface area contributed by atoms with Gasteiger partial charge in [0.1, 0.15) is 13.1 Å². The van der Waals surface area contributed by atoms with Gasteiger partial charge in [-0.15, -0.1) is 0 Å². The lowest BCUT2D eigenvalue weighted by molar-refractivity contribution is -0.889. The van der Waals surface area contributed by atoms with E-state index in [1.165, 1.54) is 4.90 Å². The minimum atomic E-state index is 0.213. The van der Waals surface area contributed by atoms with E-state index < -0.39 is 0 Å². The molecule has 21 heavy (non-hydrogen) atoms.